The normalized spacial score (nSPS) is 20.5. The monoisotopic (exact) mass is 310 g/mol. The number of imidazole rings is 1. The van der Waals surface area contributed by atoms with Gasteiger partial charge in [0.1, 0.15) is 5.82 Å². The number of halogens is 2. The zero-order chi connectivity index (χ0) is 14.7. The van der Waals surface area contributed by atoms with Crippen LogP contribution in [-0.2, 0) is 6.42 Å². The van der Waals surface area contributed by atoms with Gasteiger partial charge in [-0.3, -0.25) is 0 Å². The van der Waals surface area contributed by atoms with Crippen molar-refractivity contribution in [3.05, 3.63) is 29.0 Å². The molecule has 1 aromatic carbocycles. The maximum atomic E-state index is 6.18. The molecule has 2 nitrogen and oxygen atoms in total. The molecule has 0 N–H and O–H groups in total. The fraction of sp³-hybridized carbons (Fsp3) is 0.562. The lowest BCUT2D eigenvalue weighted by molar-refractivity contribution is 0.457. The Hall–Kier alpha value is -0.730. The average molecular weight is 311 g/mol. The number of rotatable bonds is 3. The van der Waals surface area contributed by atoms with Crippen LogP contribution >= 0.6 is 23.2 Å². The Morgan fingerprint density at radius 3 is 2.40 bits per heavy atom. The van der Waals surface area contributed by atoms with Gasteiger partial charge in [0.05, 0.1) is 11.0 Å². The van der Waals surface area contributed by atoms with E-state index in [0.717, 1.165) is 28.3 Å². The smallest absolute Gasteiger partial charge is 0.111 e. The van der Waals surface area contributed by atoms with Gasteiger partial charge in [-0.15, -0.1) is 11.6 Å². The molecule has 1 heterocycles. The van der Waals surface area contributed by atoms with Gasteiger partial charge in [-0.05, 0) is 29.0 Å². The Morgan fingerprint density at radius 2 is 1.85 bits per heavy atom. The number of benzene rings is 1. The molecule has 1 fully saturated rings. The van der Waals surface area contributed by atoms with Gasteiger partial charge in [0.15, 0.2) is 0 Å². The molecule has 1 aliphatic rings. The summed E-state index contributed by atoms with van der Waals surface area (Å²) < 4.78 is 2.36. The molecule has 0 aliphatic heterocycles. The molecule has 20 heavy (non-hydrogen) atoms. The molecule has 0 saturated heterocycles. The van der Waals surface area contributed by atoms with Crippen molar-refractivity contribution in [2.75, 3.05) is 5.88 Å². The summed E-state index contributed by atoms with van der Waals surface area (Å²) in [4.78, 5) is 4.76. The first-order chi connectivity index (χ1) is 9.30. The van der Waals surface area contributed by atoms with Gasteiger partial charge in [0.2, 0.25) is 0 Å². The van der Waals surface area contributed by atoms with Crippen molar-refractivity contribution in [2.45, 2.75) is 40.2 Å². The highest BCUT2D eigenvalue weighted by molar-refractivity contribution is 6.31. The Morgan fingerprint density at radius 1 is 1.20 bits per heavy atom. The number of aromatic nitrogens is 2. The summed E-state index contributed by atoms with van der Waals surface area (Å²) in [5, 5.41) is 0.757. The van der Waals surface area contributed by atoms with Crippen LogP contribution < -0.4 is 0 Å². The second-order valence-electron chi connectivity index (χ2n) is 6.82. The van der Waals surface area contributed by atoms with Crippen LogP contribution in [0.2, 0.25) is 5.02 Å². The van der Waals surface area contributed by atoms with Crippen LogP contribution in [0.4, 0.5) is 0 Å². The van der Waals surface area contributed by atoms with Crippen LogP contribution in [0.3, 0.4) is 0 Å². The first kappa shape index (κ1) is 14.2. The summed E-state index contributed by atoms with van der Waals surface area (Å²) in [6, 6.07) is 6.35. The summed E-state index contributed by atoms with van der Waals surface area (Å²) in [6.07, 6.45) is 0.788. The van der Waals surface area contributed by atoms with Gasteiger partial charge in [-0.25, -0.2) is 4.98 Å². The van der Waals surface area contributed by atoms with Gasteiger partial charge >= 0.3 is 0 Å². The highest BCUT2D eigenvalue weighted by Gasteiger charge is 2.66. The Bertz CT molecular complexity index is 656. The quantitative estimate of drug-likeness (QED) is 0.723. The molecule has 1 aliphatic carbocycles. The highest BCUT2D eigenvalue weighted by atomic mass is 35.5. The van der Waals surface area contributed by atoms with Gasteiger partial charge in [0.25, 0.3) is 0 Å². The maximum absolute atomic E-state index is 6.18. The average Bonchev–Trinajstić information content (AvgIpc) is 2.65. The molecule has 0 spiro atoms. The van der Waals surface area contributed by atoms with E-state index in [9.17, 15) is 0 Å². The topological polar surface area (TPSA) is 17.8 Å². The minimum atomic E-state index is 0.254. The molecule has 108 valence electrons. The molecule has 0 atom stereocenters. The van der Waals surface area contributed by atoms with Crippen LogP contribution in [-0.4, -0.2) is 15.4 Å². The van der Waals surface area contributed by atoms with Crippen molar-refractivity contribution in [3.8, 4) is 0 Å². The van der Waals surface area contributed by atoms with Crippen molar-refractivity contribution in [1.29, 1.82) is 0 Å². The molecule has 0 unspecified atom stereocenters. The summed E-state index contributed by atoms with van der Waals surface area (Å²) in [5.74, 6) is 1.66. The SMILES string of the molecule is CC1(C)C(n2c(CCCl)nc3ccc(Cl)cc32)C1(C)C. The van der Waals surface area contributed by atoms with Crippen molar-refractivity contribution >= 4 is 34.2 Å². The van der Waals surface area contributed by atoms with E-state index in [1.54, 1.807) is 0 Å². The fourth-order valence-electron chi connectivity index (χ4n) is 3.47. The van der Waals surface area contributed by atoms with Crippen molar-refractivity contribution in [1.82, 2.24) is 9.55 Å². The second kappa shape index (κ2) is 4.38. The van der Waals surface area contributed by atoms with Gasteiger partial charge in [-0.1, -0.05) is 39.3 Å². The molecule has 1 saturated carbocycles. The zero-order valence-electron chi connectivity index (χ0n) is 12.4. The summed E-state index contributed by atoms with van der Waals surface area (Å²) in [5.41, 5.74) is 2.64. The van der Waals surface area contributed by atoms with Crippen LogP contribution in [0, 0.1) is 10.8 Å². The Labute approximate surface area is 130 Å². The maximum Gasteiger partial charge on any atom is 0.111 e. The van der Waals surface area contributed by atoms with Crippen LogP contribution in [0.5, 0.6) is 0 Å². The standard InChI is InChI=1S/C16H20Cl2N2/c1-15(2)14(16(15,3)4)20-12-9-10(18)5-6-11(12)19-13(20)7-8-17/h5-6,9,14H,7-8H2,1-4H3. The van der Waals surface area contributed by atoms with Crippen LogP contribution in [0.15, 0.2) is 18.2 Å². The largest absolute Gasteiger partial charge is 0.324 e. The molecule has 3 rings (SSSR count). The number of fused-ring (bicyclic) bond motifs is 1. The number of hydrogen-bond acceptors (Lipinski definition) is 1. The van der Waals surface area contributed by atoms with Crippen LogP contribution in [0.1, 0.15) is 39.6 Å². The molecule has 1 aromatic heterocycles. The minimum absolute atomic E-state index is 0.254. The Balaban J connectivity index is 2.22. The lowest BCUT2D eigenvalue weighted by atomic mass is 10.0. The van der Waals surface area contributed by atoms with Crippen molar-refractivity contribution < 1.29 is 0 Å². The molecule has 0 amide bonds. The molecule has 0 radical (unpaired) electrons. The molecule has 4 heteroatoms. The minimum Gasteiger partial charge on any atom is -0.324 e. The van der Waals surface area contributed by atoms with Crippen molar-refractivity contribution in [2.24, 2.45) is 10.8 Å². The third kappa shape index (κ3) is 1.81. The van der Waals surface area contributed by atoms with E-state index in [4.69, 9.17) is 28.2 Å². The molecule has 2 aromatic rings. The molecular formula is C16H20Cl2N2. The lowest BCUT2D eigenvalue weighted by Crippen LogP contribution is -2.07. The van der Waals surface area contributed by atoms with Crippen molar-refractivity contribution in [3.63, 3.8) is 0 Å². The van der Waals surface area contributed by atoms with E-state index in [1.807, 2.05) is 18.2 Å². The number of hydrogen-bond donors (Lipinski definition) is 0. The lowest BCUT2D eigenvalue weighted by Gasteiger charge is -2.11. The predicted octanol–water partition coefficient (Wildman–Crippen LogP) is 5.08. The number of nitrogens with zero attached hydrogens (tertiary/aromatic N) is 2. The van der Waals surface area contributed by atoms with E-state index >= 15 is 0 Å². The van der Waals surface area contributed by atoms with E-state index in [2.05, 4.69) is 32.3 Å². The molecule has 0 bridgehead atoms. The highest BCUT2D eigenvalue weighted by Crippen LogP contribution is 2.72. The predicted molar refractivity (Wildman–Crippen MR) is 85.8 cm³/mol. The van der Waals surface area contributed by atoms with E-state index in [-0.39, 0.29) is 10.8 Å². The van der Waals surface area contributed by atoms with Gasteiger partial charge < -0.3 is 4.57 Å². The Kier molecular flexibility index (Phi) is 3.11. The first-order valence-electron chi connectivity index (χ1n) is 7.03. The number of alkyl halides is 1. The number of aryl methyl sites for hydroxylation is 1. The van der Waals surface area contributed by atoms with E-state index in [0.29, 0.717) is 11.9 Å². The molecular weight excluding hydrogens is 291 g/mol. The van der Waals surface area contributed by atoms with E-state index in [1.165, 1.54) is 0 Å². The van der Waals surface area contributed by atoms with Gasteiger partial charge in [0, 0.05) is 23.4 Å². The van der Waals surface area contributed by atoms with Crippen LogP contribution in [0.25, 0.3) is 11.0 Å². The summed E-state index contributed by atoms with van der Waals surface area (Å²) in [6.45, 7) is 9.27. The van der Waals surface area contributed by atoms with Gasteiger partial charge in [-0.2, -0.15) is 0 Å². The third-order valence-corrected chi connectivity index (χ3v) is 5.67. The summed E-state index contributed by atoms with van der Waals surface area (Å²) in [7, 11) is 0. The summed E-state index contributed by atoms with van der Waals surface area (Å²) >= 11 is 12.1. The second-order valence-corrected chi connectivity index (χ2v) is 7.63. The van der Waals surface area contributed by atoms with E-state index < -0.39 is 0 Å². The third-order valence-electron chi connectivity index (χ3n) is 5.25. The zero-order valence-corrected chi connectivity index (χ0v) is 13.9. The fourth-order valence-corrected chi connectivity index (χ4v) is 3.81. The first-order valence-corrected chi connectivity index (χ1v) is 7.94.